The van der Waals surface area contributed by atoms with Gasteiger partial charge >= 0.3 is 0 Å². The highest BCUT2D eigenvalue weighted by Gasteiger charge is 2.37. The van der Waals surface area contributed by atoms with Crippen molar-refractivity contribution in [1.29, 1.82) is 0 Å². The van der Waals surface area contributed by atoms with E-state index in [9.17, 15) is 16.8 Å². The van der Waals surface area contributed by atoms with Crippen LogP contribution in [0.1, 0.15) is 12.8 Å². The molecule has 1 saturated carbocycles. The predicted octanol–water partition coefficient (Wildman–Crippen LogP) is -0.972. The van der Waals surface area contributed by atoms with Crippen LogP contribution in [-0.2, 0) is 20.0 Å². The standard InChI is InChI=1S/C4H9NO4S2/c1-10(6,7)5-11(8,9)4-2-3-4/h4-5H,2-3H2,1H3. The highest BCUT2D eigenvalue weighted by Crippen LogP contribution is 2.27. The van der Waals surface area contributed by atoms with E-state index in [1.807, 2.05) is 0 Å². The molecule has 0 aromatic heterocycles. The van der Waals surface area contributed by atoms with E-state index in [-0.39, 0.29) is 0 Å². The molecule has 0 unspecified atom stereocenters. The van der Waals surface area contributed by atoms with Gasteiger partial charge in [-0.1, -0.05) is 0 Å². The van der Waals surface area contributed by atoms with Crippen LogP contribution in [0.15, 0.2) is 0 Å². The Labute approximate surface area is 65.9 Å². The van der Waals surface area contributed by atoms with Crippen LogP contribution in [0, 0.1) is 0 Å². The first-order valence-corrected chi connectivity index (χ1v) is 6.47. The molecule has 0 aromatic carbocycles. The molecular weight excluding hydrogens is 190 g/mol. The highest BCUT2D eigenvalue weighted by atomic mass is 32.3. The molecule has 5 nitrogen and oxygen atoms in total. The van der Waals surface area contributed by atoms with Crippen molar-refractivity contribution >= 4 is 20.0 Å². The lowest BCUT2D eigenvalue weighted by Crippen LogP contribution is -2.32. The van der Waals surface area contributed by atoms with Gasteiger partial charge in [0.15, 0.2) is 0 Å². The first kappa shape index (κ1) is 8.95. The Bertz CT molecular complexity index is 336. The van der Waals surface area contributed by atoms with E-state index in [2.05, 4.69) is 0 Å². The maximum atomic E-state index is 10.9. The predicted molar refractivity (Wildman–Crippen MR) is 39.9 cm³/mol. The summed E-state index contributed by atoms with van der Waals surface area (Å²) in [6, 6.07) is 0. The van der Waals surface area contributed by atoms with E-state index < -0.39 is 25.3 Å². The Morgan fingerprint density at radius 2 is 1.64 bits per heavy atom. The fourth-order valence-corrected chi connectivity index (χ4v) is 3.65. The van der Waals surface area contributed by atoms with Crippen LogP contribution in [0.3, 0.4) is 0 Å². The molecule has 0 aromatic rings. The fraction of sp³-hybridized carbons (Fsp3) is 1.00. The van der Waals surface area contributed by atoms with Crippen molar-refractivity contribution < 1.29 is 16.8 Å². The smallest absolute Gasteiger partial charge is 0.212 e. The Balaban J connectivity index is 2.76. The van der Waals surface area contributed by atoms with E-state index in [1.54, 1.807) is 4.13 Å². The van der Waals surface area contributed by atoms with Crippen molar-refractivity contribution in [3.63, 3.8) is 0 Å². The monoisotopic (exact) mass is 199 g/mol. The number of nitrogens with one attached hydrogen (secondary N) is 1. The molecule has 0 aliphatic heterocycles. The van der Waals surface area contributed by atoms with Gasteiger partial charge in [0.05, 0.1) is 11.5 Å². The maximum absolute atomic E-state index is 10.9. The third kappa shape index (κ3) is 2.76. The zero-order chi connectivity index (χ0) is 8.70. The van der Waals surface area contributed by atoms with Crippen molar-refractivity contribution in [1.82, 2.24) is 4.13 Å². The van der Waals surface area contributed by atoms with Crippen molar-refractivity contribution in [3.8, 4) is 0 Å². The molecule has 66 valence electrons. The van der Waals surface area contributed by atoms with Gasteiger partial charge in [0.25, 0.3) is 0 Å². The fourth-order valence-electron chi connectivity index (χ4n) is 0.657. The lowest BCUT2D eigenvalue weighted by Gasteiger charge is -2.00. The van der Waals surface area contributed by atoms with Crippen LogP contribution in [0.25, 0.3) is 0 Å². The average Bonchev–Trinajstić information content (AvgIpc) is 2.30. The highest BCUT2D eigenvalue weighted by molar-refractivity contribution is 8.04. The molecule has 1 rings (SSSR count). The molecule has 11 heavy (non-hydrogen) atoms. The van der Waals surface area contributed by atoms with Crippen LogP contribution in [0.4, 0.5) is 0 Å². The van der Waals surface area contributed by atoms with Crippen LogP contribution < -0.4 is 4.13 Å². The molecule has 1 aliphatic rings. The largest absolute Gasteiger partial charge is 0.227 e. The van der Waals surface area contributed by atoms with E-state index in [0.717, 1.165) is 6.26 Å². The van der Waals surface area contributed by atoms with Gasteiger partial charge in [0.1, 0.15) is 0 Å². The quantitative estimate of drug-likeness (QED) is 0.634. The summed E-state index contributed by atoms with van der Waals surface area (Å²) in [6.07, 6.45) is 1.95. The van der Waals surface area contributed by atoms with E-state index in [0.29, 0.717) is 12.8 Å². The molecule has 0 amide bonds. The van der Waals surface area contributed by atoms with Gasteiger partial charge in [0.2, 0.25) is 20.0 Å². The number of rotatable bonds is 3. The summed E-state index contributed by atoms with van der Waals surface area (Å²) in [4.78, 5) is 0. The summed E-state index contributed by atoms with van der Waals surface area (Å²) in [6.45, 7) is 0. The summed E-state index contributed by atoms with van der Waals surface area (Å²) in [7, 11) is -7.21. The zero-order valence-corrected chi connectivity index (χ0v) is 7.57. The molecule has 1 aliphatic carbocycles. The van der Waals surface area contributed by atoms with Crippen LogP contribution in [-0.4, -0.2) is 28.3 Å². The molecule has 0 bridgehead atoms. The van der Waals surface area contributed by atoms with Gasteiger partial charge in [-0.05, 0) is 12.8 Å². The van der Waals surface area contributed by atoms with Gasteiger partial charge in [-0.25, -0.2) is 16.8 Å². The number of sulfonamides is 2. The number of hydrogen-bond acceptors (Lipinski definition) is 4. The maximum Gasteiger partial charge on any atom is 0.227 e. The summed E-state index contributed by atoms with van der Waals surface area (Å²) in [5, 5.41) is -0.489. The zero-order valence-electron chi connectivity index (χ0n) is 5.94. The minimum absolute atomic E-state index is 0.489. The molecule has 1 fully saturated rings. The SMILES string of the molecule is CS(=O)(=O)NS(=O)(=O)C1CC1. The molecule has 1 N–H and O–H groups in total. The van der Waals surface area contributed by atoms with E-state index in [1.165, 1.54) is 0 Å². The first-order chi connectivity index (χ1) is 4.81. The average molecular weight is 199 g/mol. The molecular formula is C4H9NO4S2. The third-order valence-electron chi connectivity index (χ3n) is 1.23. The van der Waals surface area contributed by atoms with Gasteiger partial charge < -0.3 is 0 Å². The van der Waals surface area contributed by atoms with Crippen molar-refractivity contribution in [2.24, 2.45) is 0 Å². The summed E-state index contributed by atoms with van der Waals surface area (Å²) < 4.78 is 44.4. The molecule has 0 radical (unpaired) electrons. The lowest BCUT2D eigenvalue weighted by atomic mass is 11.0. The summed E-state index contributed by atoms with van der Waals surface area (Å²) in [5.41, 5.74) is 0. The molecule has 0 saturated heterocycles. The van der Waals surface area contributed by atoms with Crippen molar-refractivity contribution in [2.45, 2.75) is 18.1 Å². The minimum Gasteiger partial charge on any atom is -0.212 e. The lowest BCUT2D eigenvalue weighted by molar-refractivity contribution is 0.579. The number of hydrogen-bond donors (Lipinski definition) is 1. The summed E-state index contributed by atoms with van der Waals surface area (Å²) in [5.74, 6) is 0. The minimum atomic E-state index is -3.62. The third-order valence-corrected chi connectivity index (χ3v) is 4.72. The molecule has 0 atom stereocenters. The topological polar surface area (TPSA) is 80.3 Å². The second-order valence-corrected chi connectivity index (χ2v) is 6.57. The Hall–Kier alpha value is -0.140. The van der Waals surface area contributed by atoms with Crippen molar-refractivity contribution in [2.75, 3.05) is 6.26 Å². The van der Waals surface area contributed by atoms with Crippen LogP contribution in [0.5, 0.6) is 0 Å². The summed E-state index contributed by atoms with van der Waals surface area (Å²) >= 11 is 0. The van der Waals surface area contributed by atoms with Crippen molar-refractivity contribution in [3.05, 3.63) is 0 Å². The van der Waals surface area contributed by atoms with Gasteiger partial charge in [-0.15, -0.1) is 4.13 Å². The second-order valence-electron chi connectivity index (χ2n) is 2.60. The second kappa shape index (κ2) is 2.43. The van der Waals surface area contributed by atoms with Crippen LogP contribution in [0.2, 0.25) is 0 Å². The Kier molecular flexibility index (Phi) is 1.97. The Morgan fingerprint density at radius 1 is 1.18 bits per heavy atom. The molecule has 0 spiro atoms. The van der Waals surface area contributed by atoms with Gasteiger partial charge in [0, 0.05) is 0 Å². The molecule has 0 heterocycles. The Morgan fingerprint density at radius 3 is 1.91 bits per heavy atom. The first-order valence-electron chi connectivity index (χ1n) is 3.04. The van der Waals surface area contributed by atoms with Gasteiger partial charge in [-0.2, -0.15) is 0 Å². The van der Waals surface area contributed by atoms with Gasteiger partial charge in [-0.3, -0.25) is 0 Å². The van der Waals surface area contributed by atoms with Crippen LogP contribution >= 0.6 is 0 Å². The molecule has 7 heteroatoms. The van der Waals surface area contributed by atoms with E-state index in [4.69, 9.17) is 0 Å². The van der Waals surface area contributed by atoms with E-state index >= 15 is 0 Å². The normalized spacial score (nSPS) is 20.1.